The van der Waals surface area contributed by atoms with Crippen molar-refractivity contribution in [3.05, 3.63) is 261 Å². The lowest BCUT2D eigenvalue weighted by Crippen LogP contribution is -2.05. The maximum atomic E-state index is 14.3. The Balaban J connectivity index is 1.14. The van der Waals surface area contributed by atoms with Gasteiger partial charge in [-0.25, -0.2) is 0 Å². The van der Waals surface area contributed by atoms with E-state index in [4.69, 9.17) is 0 Å². The second-order valence-electron chi connectivity index (χ2n) is 21.6. The van der Waals surface area contributed by atoms with Crippen molar-refractivity contribution in [1.29, 1.82) is 52.6 Å². The van der Waals surface area contributed by atoms with Crippen LogP contribution in [0.4, 0.5) is 13.2 Å². The Morgan fingerprint density at radius 1 is 0.239 bits per heavy atom. The minimum Gasteiger partial charge on any atom is -0.309 e. The Bertz CT molecular complexity index is 5510. The summed E-state index contributed by atoms with van der Waals surface area (Å²) in [5.74, 6) is 0. The molecule has 13 rings (SSSR count). The molecule has 11 aromatic carbocycles. The summed E-state index contributed by atoms with van der Waals surface area (Å²) in [5, 5.41) is 104. The van der Waals surface area contributed by atoms with Crippen LogP contribution in [-0.4, -0.2) is 9.13 Å². The van der Waals surface area contributed by atoms with Crippen molar-refractivity contribution in [2.45, 2.75) is 6.18 Å². The van der Waals surface area contributed by atoms with Gasteiger partial charge in [-0.2, -0.15) is 65.8 Å². The molecule has 0 atom stereocenters. The first-order valence-corrected chi connectivity index (χ1v) is 28.0. The fourth-order valence-corrected chi connectivity index (χ4v) is 12.2. The molecule has 15 heteroatoms. The summed E-state index contributed by atoms with van der Waals surface area (Å²) in [4.78, 5) is 0. The molecule has 0 unspecified atom stereocenters. The molecule has 0 aliphatic heterocycles. The van der Waals surface area contributed by atoms with Crippen LogP contribution in [-0.2, 0) is 6.18 Å². The third-order valence-electron chi connectivity index (χ3n) is 16.3. The molecule has 92 heavy (non-hydrogen) atoms. The largest absolute Gasteiger partial charge is 0.416 e. The third-order valence-corrected chi connectivity index (χ3v) is 16.3. The van der Waals surface area contributed by atoms with Crippen LogP contribution in [0.2, 0.25) is 0 Å². The predicted molar refractivity (Wildman–Crippen MR) is 340 cm³/mol. The maximum Gasteiger partial charge on any atom is 0.416 e. The van der Waals surface area contributed by atoms with Crippen LogP contribution >= 0.6 is 0 Å². The maximum absolute atomic E-state index is 14.3. The van der Waals surface area contributed by atoms with Crippen molar-refractivity contribution in [2.75, 3.05) is 0 Å². The number of nitriles is 10. The predicted octanol–water partition coefficient (Wildman–Crippen LogP) is 17.6. The highest BCUT2D eigenvalue weighted by Gasteiger charge is 2.32. The first-order valence-electron chi connectivity index (χ1n) is 28.0. The molecule has 0 radical (unpaired) electrons. The molecule has 2 aromatic heterocycles. The van der Waals surface area contributed by atoms with Gasteiger partial charge in [0.1, 0.15) is 0 Å². The van der Waals surface area contributed by atoms with E-state index in [1.54, 1.807) is 84.9 Å². The molecule has 0 aliphatic carbocycles. The second kappa shape index (κ2) is 22.5. The number of aromatic nitrogens is 2. The summed E-state index contributed by atoms with van der Waals surface area (Å²) >= 11 is 0. The van der Waals surface area contributed by atoms with Crippen molar-refractivity contribution in [1.82, 2.24) is 9.13 Å². The highest BCUT2D eigenvalue weighted by atomic mass is 19.4. The molecule has 422 valence electrons. The van der Waals surface area contributed by atoms with Crippen molar-refractivity contribution in [2.24, 2.45) is 0 Å². The van der Waals surface area contributed by atoms with Crippen LogP contribution in [0, 0.1) is 113 Å². The van der Waals surface area contributed by atoms with Gasteiger partial charge in [-0.15, -0.1) is 0 Å². The molecule has 0 N–H and O–H groups in total. The average Bonchev–Trinajstić information content (AvgIpc) is 1.57. The Hall–Kier alpha value is -14.3. The fraction of sp³-hybridized carbons (Fsp3) is 0.0130. The van der Waals surface area contributed by atoms with Crippen LogP contribution < -0.4 is 0 Å². The fourth-order valence-electron chi connectivity index (χ4n) is 12.2. The topological polar surface area (TPSA) is 248 Å². The average molecular weight is 1180 g/mol. The van der Waals surface area contributed by atoms with Crippen molar-refractivity contribution >= 4 is 43.6 Å². The van der Waals surface area contributed by atoms with E-state index in [1.165, 1.54) is 30.3 Å². The number of hydrogen-bond acceptors (Lipinski definition) is 10. The van der Waals surface area contributed by atoms with E-state index in [0.29, 0.717) is 116 Å². The first-order chi connectivity index (χ1) is 44.7. The minimum atomic E-state index is -4.76. The van der Waals surface area contributed by atoms with E-state index in [9.17, 15) is 65.8 Å². The smallest absolute Gasteiger partial charge is 0.309 e. The Labute approximate surface area is 522 Å². The van der Waals surface area contributed by atoms with Gasteiger partial charge in [0.25, 0.3) is 0 Å². The van der Waals surface area contributed by atoms with Gasteiger partial charge < -0.3 is 9.13 Å². The summed E-state index contributed by atoms with van der Waals surface area (Å²) in [5.41, 5.74) is 11.2. The molecule has 0 amide bonds. The lowest BCUT2D eigenvalue weighted by atomic mass is 9.92. The lowest BCUT2D eigenvalue weighted by molar-refractivity contribution is -0.137. The minimum absolute atomic E-state index is 0.187. The molecular weight excluding hydrogens is 1150 g/mol. The molecule has 2 heterocycles. The number of benzene rings is 11. The highest BCUT2D eigenvalue weighted by Crippen LogP contribution is 2.46. The highest BCUT2D eigenvalue weighted by molar-refractivity contribution is 6.14. The Morgan fingerprint density at radius 3 is 0.848 bits per heavy atom. The molecule has 0 saturated heterocycles. The number of alkyl halides is 3. The molecule has 0 aliphatic rings. The monoisotopic (exact) mass is 1180 g/mol. The van der Waals surface area contributed by atoms with E-state index < -0.39 is 11.7 Å². The SMILES string of the molecule is N#Cc1cc(C#N)cc(-c2ccc3c(c2)c2cc(-c4cc(C#N)cc(C#N)c4)ccc2n3-c2ccc(C#N)cc2-c2cc(-c3ccc(C(F)(F)F)cc3C#N)ccc2-n2c3ccc(-c4cc(C#N)cc(C#N)c4)cc3c3cc(-c4cc(C#N)cc(C#N)c4)ccc32)c1. The summed E-state index contributed by atoms with van der Waals surface area (Å²) in [7, 11) is 0. The molecular formula is C77H33F3N12. The van der Waals surface area contributed by atoms with Gasteiger partial charge in [0.05, 0.1) is 155 Å². The standard InChI is InChI=1S/C77H33F3N12/c78-77(79,80)63-7-8-64(62(28-63)43-90)57-6-14-76(92-74-12-4-55(60-23-49(39-86)17-50(24-60)40-87)31-68(74)69-32-56(5-13-75(69)92)61-25-51(41-88)18-52(26-61)42-89)70(33-57)65-27-44(34-81)1-9-71(65)91-72-10-2-53(58-19-45(35-82)15-46(20-58)36-83)29-66(72)67-30-54(3-11-73(67)91)59-21-47(37-84)16-48(22-59)38-85/h1-33H. The van der Waals surface area contributed by atoms with Gasteiger partial charge in [0.15, 0.2) is 0 Å². The van der Waals surface area contributed by atoms with Gasteiger partial charge in [-0.1, -0.05) is 36.4 Å². The summed E-state index contributed by atoms with van der Waals surface area (Å²) in [6.45, 7) is 0. The summed E-state index contributed by atoms with van der Waals surface area (Å²) in [6, 6.07) is 77.3. The van der Waals surface area contributed by atoms with Crippen molar-refractivity contribution in [3.63, 3.8) is 0 Å². The molecule has 0 fully saturated rings. The van der Waals surface area contributed by atoms with Gasteiger partial charge >= 0.3 is 6.18 Å². The number of hydrogen-bond donors (Lipinski definition) is 0. The van der Waals surface area contributed by atoms with Crippen LogP contribution in [0.5, 0.6) is 0 Å². The Morgan fingerprint density at radius 2 is 0.543 bits per heavy atom. The number of halogens is 3. The van der Waals surface area contributed by atoms with E-state index >= 15 is 0 Å². The lowest BCUT2D eigenvalue weighted by Gasteiger charge is -2.20. The van der Waals surface area contributed by atoms with Crippen LogP contribution in [0.3, 0.4) is 0 Å². The van der Waals surface area contributed by atoms with Gasteiger partial charge in [0, 0.05) is 32.7 Å². The second-order valence-corrected chi connectivity index (χ2v) is 21.6. The molecule has 12 nitrogen and oxygen atoms in total. The van der Waals surface area contributed by atoms with Crippen molar-refractivity contribution in [3.8, 4) is 139 Å². The Kier molecular flexibility index (Phi) is 13.9. The molecule has 0 bridgehead atoms. The zero-order valence-electron chi connectivity index (χ0n) is 47.6. The van der Waals surface area contributed by atoms with E-state index in [0.717, 1.165) is 12.1 Å². The zero-order chi connectivity index (χ0) is 64.1. The normalized spacial score (nSPS) is 10.9. The van der Waals surface area contributed by atoms with Gasteiger partial charge in [0.2, 0.25) is 0 Å². The van der Waals surface area contributed by atoms with E-state index in [1.807, 2.05) is 88.0 Å². The summed E-state index contributed by atoms with van der Waals surface area (Å²) < 4.78 is 47.1. The number of fused-ring (bicyclic) bond motifs is 6. The quantitative estimate of drug-likeness (QED) is 0.139. The van der Waals surface area contributed by atoms with Gasteiger partial charge in [-0.3, -0.25) is 0 Å². The number of nitrogens with zero attached hydrogens (tertiary/aromatic N) is 12. The van der Waals surface area contributed by atoms with Gasteiger partial charge in [-0.05, 0) is 219 Å². The van der Waals surface area contributed by atoms with Crippen LogP contribution in [0.1, 0.15) is 61.2 Å². The first kappa shape index (κ1) is 56.8. The summed E-state index contributed by atoms with van der Waals surface area (Å²) in [6.07, 6.45) is -4.76. The van der Waals surface area contributed by atoms with Crippen LogP contribution in [0.25, 0.3) is 122 Å². The third kappa shape index (κ3) is 9.89. The number of rotatable bonds is 8. The zero-order valence-corrected chi connectivity index (χ0v) is 47.6. The van der Waals surface area contributed by atoms with E-state index in [2.05, 4.69) is 54.6 Å². The molecule has 0 spiro atoms. The van der Waals surface area contributed by atoms with Crippen molar-refractivity contribution < 1.29 is 13.2 Å². The molecule has 0 saturated carbocycles. The van der Waals surface area contributed by atoms with E-state index in [-0.39, 0.29) is 61.2 Å². The van der Waals surface area contributed by atoms with Crippen LogP contribution in [0.15, 0.2) is 200 Å². The molecule has 13 aromatic rings.